The summed E-state index contributed by atoms with van der Waals surface area (Å²) in [5.41, 5.74) is 1.36. The lowest BCUT2D eigenvalue weighted by molar-refractivity contribution is 0.164. The first-order chi connectivity index (χ1) is 8.29. The Morgan fingerprint density at radius 1 is 1.29 bits per heavy atom. The van der Waals surface area contributed by atoms with Gasteiger partial charge in [0, 0.05) is 32.8 Å². The van der Waals surface area contributed by atoms with Gasteiger partial charge in [-0.25, -0.2) is 0 Å². The van der Waals surface area contributed by atoms with Crippen LogP contribution in [-0.4, -0.2) is 45.8 Å². The number of rotatable bonds is 8. The maximum Gasteiger partial charge on any atom is 0.0474 e. The van der Waals surface area contributed by atoms with Crippen molar-refractivity contribution in [2.24, 2.45) is 0 Å². The van der Waals surface area contributed by atoms with Gasteiger partial charge in [0.25, 0.3) is 0 Å². The summed E-state index contributed by atoms with van der Waals surface area (Å²) in [6, 6.07) is 11.1. The van der Waals surface area contributed by atoms with Gasteiger partial charge in [-0.3, -0.25) is 4.90 Å². The molecule has 3 nitrogen and oxygen atoms in total. The summed E-state index contributed by atoms with van der Waals surface area (Å²) in [6.07, 6.45) is 1.07. The topological polar surface area (TPSA) is 24.5 Å². The highest BCUT2D eigenvalue weighted by Crippen LogP contribution is 2.18. The highest BCUT2D eigenvalue weighted by Gasteiger charge is 2.15. The number of methoxy groups -OCH3 is 1. The van der Waals surface area contributed by atoms with Gasteiger partial charge in [0.15, 0.2) is 0 Å². The molecule has 0 aromatic heterocycles. The summed E-state index contributed by atoms with van der Waals surface area (Å²) >= 11 is 0. The Hall–Kier alpha value is -0.900. The third-order valence-corrected chi connectivity index (χ3v) is 2.97. The van der Waals surface area contributed by atoms with E-state index in [0.29, 0.717) is 6.04 Å². The van der Waals surface area contributed by atoms with Crippen LogP contribution in [0.1, 0.15) is 18.0 Å². The van der Waals surface area contributed by atoms with Crippen LogP contribution in [0, 0.1) is 0 Å². The van der Waals surface area contributed by atoms with Crippen molar-refractivity contribution in [2.45, 2.75) is 12.5 Å². The molecule has 0 saturated heterocycles. The summed E-state index contributed by atoms with van der Waals surface area (Å²) in [5, 5.41) is 3.26. The largest absolute Gasteiger partial charge is 0.385 e. The van der Waals surface area contributed by atoms with Crippen LogP contribution in [-0.2, 0) is 4.74 Å². The van der Waals surface area contributed by atoms with Crippen LogP contribution in [0.25, 0.3) is 0 Å². The Morgan fingerprint density at radius 3 is 2.59 bits per heavy atom. The molecule has 0 heterocycles. The van der Waals surface area contributed by atoms with E-state index in [0.717, 1.165) is 26.1 Å². The van der Waals surface area contributed by atoms with Gasteiger partial charge in [-0.05, 0) is 26.1 Å². The van der Waals surface area contributed by atoms with Crippen LogP contribution in [0.5, 0.6) is 0 Å². The first-order valence-corrected chi connectivity index (χ1v) is 6.18. The van der Waals surface area contributed by atoms with Crippen molar-refractivity contribution < 1.29 is 4.74 Å². The van der Waals surface area contributed by atoms with E-state index in [4.69, 9.17) is 4.74 Å². The Bertz CT molecular complexity index is 290. The van der Waals surface area contributed by atoms with Crippen LogP contribution in [0.15, 0.2) is 30.3 Å². The quantitative estimate of drug-likeness (QED) is 0.698. The number of nitrogens with one attached hydrogen (secondary N) is 1. The van der Waals surface area contributed by atoms with Crippen molar-refractivity contribution >= 4 is 0 Å². The van der Waals surface area contributed by atoms with Crippen molar-refractivity contribution in [1.29, 1.82) is 0 Å². The van der Waals surface area contributed by atoms with Crippen molar-refractivity contribution in [3.8, 4) is 0 Å². The van der Waals surface area contributed by atoms with Gasteiger partial charge in [0.1, 0.15) is 0 Å². The zero-order valence-corrected chi connectivity index (χ0v) is 11.1. The number of nitrogens with zero attached hydrogens (tertiary/aromatic N) is 1. The van der Waals surface area contributed by atoms with E-state index >= 15 is 0 Å². The SMILES string of the molecule is CNCC(c1ccccc1)N(C)CCCOC. The molecule has 0 amide bonds. The number of hydrogen-bond acceptors (Lipinski definition) is 3. The molecule has 1 aromatic carbocycles. The zero-order chi connectivity index (χ0) is 12.5. The second-order valence-corrected chi connectivity index (χ2v) is 4.31. The van der Waals surface area contributed by atoms with E-state index in [-0.39, 0.29) is 0 Å². The summed E-state index contributed by atoms with van der Waals surface area (Å²) in [7, 11) is 5.92. The Kier molecular flexibility index (Phi) is 6.86. The molecule has 0 bridgehead atoms. The van der Waals surface area contributed by atoms with Crippen LogP contribution in [0.3, 0.4) is 0 Å². The van der Waals surface area contributed by atoms with Crippen molar-refractivity contribution in [1.82, 2.24) is 10.2 Å². The maximum absolute atomic E-state index is 5.10. The van der Waals surface area contributed by atoms with Gasteiger partial charge in [-0.15, -0.1) is 0 Å². The van der Waals surface area contributed by atoms with E-state index in [1.807, 2.05) is 7.05 Å². The highest BCUT2D eigenvalue weighted by atomic mass is 16.5. The molecule has 0 saturated carbocycles. The minimum Gasteiger partial charge on any atom is -0.385 e. The van der Waals surface area contributed by atoms with Gasteiger partial charge in [-0.1, -0.05) is 30.3 Å². The predicted molar refractivity (Wildman–Crippen MR) is 72.2 cm³/mol. The lowest BCUT2D eigenvalue weighted by atomic mass is 10.1. The van der Waals surface area contributed by atoms with Crippen LogP contribution in [0.4, 0.5) is 0 Å². The molecule has 1 aromatic rings. The van der Waals surface area contributed by atoms with E-state index in [2.05, 4.69) is 47.6 Å². The molecular weight excluding hydrogens is 212 g/mol. The predicted octanol–water partition coefficient (Wildman–Crippen LogP) is 1.92. The molecule has 1 unspecified atom stereocenters. The summed E-state index contributed by atoms with van der Waals surface area (Å²) in [4.78, 5) is 2.38. The Balaban J connectivity index is 2.58. The second-order valence-electron chi connectivity index (χ2n) is 4.31. The first kappa shape index (κ1) is 14.2. The zero-order valence-electron chi connectivity index (χ0n) is 11.1. The molecule has 0 fully saturated rings. The molecule has 0 aliphatic carbocycles. The minimum atomic E-state index is 0.429. The smallest absolute Gasteiger partial charge is 0.0474 e. The van der Waals surface area contributed by atoms with Crippen molar-refractivity contribution in [2.75, 3.05) is 40.9 Å². The van der Waals surface area contributed by atoms with Crippen molar-refractivity contribution in [3.05, 3.63) is 35.9 Å². The number of hydrogen-bond donors (Lipinski definition) is 1. The minimum absolute atomic E-state index is 0.429. The second kappa shape index (κ2) is 8.23. The lowest BCUT2D eigenvalue weighted by Gasteiger charge is -2.28. The number of likely N-dealkylation sites (N-methyl/N-ethyl adjacent to an activating group) is 2. The fourth-order valence-electron chi connectivity index (χ4n) is 2.01. The standard InChI is InChI=1S/C14H24N2O/c1-15-12-14(13-8-5-4-6-9-13)16(2)10-7-11-17-3/h4-6,8-9,14-15H,7,10-12H2,1-3H3. The van der Waals surface area contributed by atoms with Gasteiger partial charge < -0.3 is 10.1 Å². The molecule has 0 radical (unpaired) electrons. The molecule has 1 atom stereocenters. The first-order valence-electron chi connectivity index (χ1n) is 6.18. The van der Waals surface area contributed by atoms with Crippen molar-refractivity contribution in [3.63, 3.8) is 0 Å². The van der Waals surface area contributed by atoms with Gasteiger partial charge in [0.05, 0.1) is 0 Å². The molecule has 3 heteroatoms. The molecular formula is C14H24N2O. The average Bonchev–Trinajstić information content (AvgIpc) is 2.37. The number of ether oxygens (including phenoxy) is 1. The molecule has 17 heavy (non-hydrogen) atoms. The maximum atomic E-state index is 5.10. The van der Waals surface area contributed by atoms with E-state index in [9.17, 15) is 0 Å². The molecule has 96 valence electrons. The van der Waals surface area contributed by atoms with Gasteiger partial charge >= 0.3 is 0 Å². The average molecular weight is 236 g/mol. The third-order valence-electron chi connectivity index (χ3n) is 2.97. The normalized spacial score (nSPS) is 12.9. The summed E-state index contributed by atoms with van der Waals surface area (Å²) in [5.74, 6) is 0. The van der Waals surface area contributed by atoms with Gasteiger partial charge in [-0.2, -0.15) is 0 Å². The van der Waals surface area contributed by atoms with Crippen LogP contribution < -0.4 is 5.32 Å². The lowest BCUT2D eigenvalue weighted by Crippen LogP contribution is -2.33. The molecule has 0 aliphatic heterocycles. The Morgan fingerprint density at radius 2 is 2.00 bits per heavy atom. The van der Waals surface area contributed by atoms with E-state index < -0.39 is 0 Å². The molecule has 1 rings (SSSR count). The van der Waals surface area contributed by atoms with Gasteiger partial charge in [0.2, 0.25) is 0 Å². The third kappa shape index (κ3) is 4.86. The van der Waals surface area contributed by atoms with E-state index in [1.165, 1.54) is 5.56 Å². The fourth-order valence-corrected chi connectivity index (χ4v) is 2.01. The summed E-state index contributed by atoms with van der Waals surface area (Å²) < 4.78 is 5.10. The van der Waals surface area contributed by atoms with E-state index in [1.54, 1.807) is 7.11 Å². The van der Waals surface area contributed by atoms with Crippen LogP contribution >= 0.6 is 0 Å². The van der Waals surface area contributed by atoms with Crippen LogP contribution in [0.2, 0.25) is 0 Å². The summed E-state index contributed by atoms with van der Waals surface area (Å²) in [6.45, 7) is 2.84. The fraction of sp³-hybridized carbons (Fsp3) is 0.571. The number of benzene rings is 1. The monoisotopic (exact) mass is 236 g/mol. The molecule has 0 spiro atoms. The highest BCUT2D eigenvalue weighted by molar-refractivity contribution is 5.19. The molecule has 1 N–H and O–H groups in total. The molecule has 0 aliphatic rings. The Labute approximate surface area is 105 Å².